The Balaban J connectivity index is 2.02. The second-order valence-corrected chi connectivity index (χ2v) is 5.06. The van der Waals surface area contributed by atoms with Gasteiger partial charge < -0.3 is 14.8 Å². The van der Waals surface area contributed by atoms with E-state index in [1.54, 1.807) is 0 Å². The molecule has 1 aliphatic rings. The van der Waals surface area contributed by atoms with Gasteiger partial charge in [0.25, 0.3) is 0 Å². The Morgan fingerprint density at radius 3 is 2.94 bits per heavy atom. The van der Waals surface area contributed by atoms with E-state index in [-0.39, 0.29) is 12.2 Å². The zero-order valence-electron chi connectivity index (χ0n) is 9.99. The van der Waals surface area contributed by atoms with Gasteiger partial charge in [-0.25, -0.2) is 0 Å². The van der Waals surface area contributed by atoms with Crippen molar-refractivity contribution in [3.63, 3.8) is 0 Å². The summed E-state index contributed by atoms with van der Waals surface area (Å²) in [4.78, 5) is 0. The second-order valence-electron chi connectivity index (χ2n) is 4.15. The summed E-state index contributed by atoms with van der Waals surface area (Å²) in [6.07, 6.45) is 0.346. The number of likely N-dealkylation sites (N-methyl/N-ethyl adjacent to an activating group) is 1. The number of benzene rings is 1. The Bertz CT molecular complexity index is 355. The van der Waals surface area contributed by atoms with E-state index in [0.717, 1.165) is 30.8 Å². The molecule has 17 heavy (non-hydrogen) atoms. The van der Waals surface area contributed by atoms with E-state index in [2.05, 4.69) is 40.3 Å². The minimum atomic E-state index is 0.0985. The fourth-order valence-corrected chi connectivity index (χ4v) is 2.17. The van der Waals surface area contributed by atoms with Crippen molar-refractivity contribution in [2.45, 2.75) is 19.1 Å². The average molecular weight is 300 g/mol. The van der Waals surface area contributed by atoms with E-state index in [1.165, 1.54) is 5.56 Å². The first kappa shape index (κ1) is 13.0. The summed E-state index contributed by atoms with van der Waals surface area (Å²) in [5.74, 6) is 0. The molecule has 1 saturated heterocycles. The normalized spacial score (nSPS) is 17.8. The number of hydrogen-bond acceptors (Lipinski definition) is 3. The highest BCUT2D eigenvalue weighted by atomic mass is 79.9. The summed E-state index contributed by atoms with van der Waals surface area (Å²) < 4.78 is 12.3. The van der Waals surface area contributed by atoms with Crippen LogP contribution in [0.4, 0.5) is 0 Å². The van der Waals surface area contributed by atoms with Crippen molar-refractivity contribution in [2.24, 2.45) is 0 Å². The molecule has 2 rings (SSSR count). The van der Waals surface area contributed by atoms with Crippen molar-refractivity contribution in [1.29, 1.82) is 0 Å². The maximum Gasteiger partial charge on any atom is 0.105 e. The van der Waals surface area contributed by atoms with Crippen LogP contribution >= 0.6 is 15.9 Å². The quantitative estimate of drug-likeness (QED) is 0.875. The van der Waals surface area contributed by atoms with Crippen molar-refractivity contribution >= 4 is 15.9 Å². The summed E-state index contributed by atoms with van der Waals surface area (Å²) in [5, 5.41) is 3.34. The molecule has 1 N–H and O–H groups in total. The summed E-state index contributed by atoms with van der Waals surface area (Å²) in [6, 6.07) is 8.28. The highest BCUT2D eigenvalue weighted by molar-refractivity contribution is 9.10. The fraction of sp³-hybridized carbons (Fsp3) is 0.538. The van der Waals surface area contributed by atoms with Crippen molar-refractivity contribution in [1.82, 2.24) is 5.32 Å². The number of halogens is 1. The molecule has 1 heterocycles. The molecule has 1 aliphatic heterocycles. The Labute approximate surface area is 111 Å². The number of ether oxygens (including phenoxy) is 2. The first-order valence-electron chi connectivity index (χ1n) is 5.99. The zero-order valence-corrected chi connectivity index (χ0v) is 11.6. The molecule has 0 aromatic heterocycles. The van der Waals surface area contributed by atoms with Crippen molar-refractivity contribution < 1.29 is 9.47 Å². The van der Waals surface area contributed by atoms with E-state index in [4.69, 9.17) is 9.47 Å². The molecule has 0 bridgehead atoms. The first-order chi connectivity index (χ1) is 8.29. The minimum absolute atomic E-state index is 0.0985. The Morgan fingerprint density at radius 2 is 2.35 bits per heavy atom. The topological polar surface area (TPSA) is 30.5 Å². The van der Waals surface area contributed by atoms with Crippen LogP contribution in [0.3, 0.4) is 0 Å². The largest absolute Gasteiger partial charge is 0.376 e. The molecule has 1 fully saturated rings. The van der Waals surface area contributed by atoms with Gasteiger partial charge in [-0.05, 0) is 24.2 Å². The summed E-state index contributed by atoms with van der Waals surface area (Å²) in [7, 11) is 0. The van der Waals surface area contributed by atoms with Crippen LogP contribution in [0.25, 0.3) is 0 Å². The third kappa shape index (κ3) is 3.78. The van der Waals surface area contributed by atoms with Crippen molar-refractivity contribution in [2.75, 3.05) is 26.3 Å². The van der Waals surface area contributed by atoms with Gasteiger partial charge in [-0.15, -0.1) is 0 Å². The van der Waals surface area contributed by atoms with E-state index < -0.39 is 0 Å². The van der Waals surface area contributed by atoms with Crippen LogP contribution in [-0.2, 0) is 9.47 Å². The van der Waals surface area contributed by atoms with Gasteiger partial charge in [-0.1, -0.05) is 35.0 Å². The molecule has 0 aliphatic carbocycles. The van der Waals surface area contributed by atoms with Gasteiger partial charge in [0.05, 0.1) is 19.3 Å². The van der Waals surface area contributed by atoms with Crippen LogP contribution in [0.15, 0.2) is 28.7 Å². The predicted octanol–water partition coefficient (Wildman–Crippen LogP) is 2.52. The average Bonchev–Trinajstić information content (AvgIpc) is 2.27. The third-order valence-corrected chi connectivity index (χ3v) is 3.26. The monoisotopic (exact) mass is 299 g/mol. The molecule has 0 amide bonds. The SMILES string of the molecule is CCNCC(OC1COC1)c1cccc(Br)c1. The standard InChI is InChI=1S/C13H18BrNO2/c1-2-15-7-13(17-12-8-16-9-12)10-4-3-5-11(14)6-10/h3-6,12-13,15H,2,7-9H2,1H3. The number of nitrogens with one attached hydrogen (secondary N) is 1. The predicted molar refractivity (Wildman–Crippen MR) is 71.1 cm³/mol. The maximum atomic E-state index is 6.02. The smallest absolute Gasteiger partial charge is 0.105 e. The molecule has 1 atom stereocenters. The van der Waals surface area contributed by atoms with Crippen LogP contribution in [-0.4, -0.2) is 32.4 Å². The highest BCUT2D eigenvalue weighted by Crippen LogP contribution is 2.24. The molecular weight excluding hydrogens is 282 g/mol. The van der Waals surface area contributed by atoms with E-state index in [9.17, 15) is 0 Å². The van der Waals surface area contributed by atoms with Crippen LogP contribution in [0.2, 0.25) is 0 Å². The molecule has 1 unspecified atom stereocenters. The lowest BCUT2D eigenvalue weighted by atomic mass is 10.1. The highest BCUT2D eigenvalue weighted by Gasteiger charge is 2.24. The molecule has 0 spiro atoms. The molecule has 0 radical (unpaired) electrons. The molecule has 0 saturated carbocycles. The molecular formula is C13H18BrNO2. The van der Waals surface area contributed by atoms with Gasteiger partial charge in [-0.2, -0.15) is 0 Å². The first-order valence-corrected chi connectivity index (χ1v) is 6.78. The minimum Gasteiger partial charge on any atom is -0.376 e. The van der Waals surface area contributed by atoms with E-state index in [1.807, 2.05) is 12.1 Å². The van der Waals surface area contributed by atoms with Gasteiger partial charge in [0.15, 0.2) is 0 Å². The van der Waals surface area contributed by atoms with Gasteiger partial charge in [-0.3, -0.25) is 0 Å². The zero-order chi connectivity index (χ0) is 12.1. The Hall–Kier alpha value is -0.420. The molecule has 1 aromatic carbocycles. The second kappa shape index (κ2) is 6.50. The van der Waals surface area contributed by atoms with Gasteiger partial charge in [0, 0.05) is 11.0 Å². The fourth-order valence-electron chi connectivity index (χ4n) is 1.75. The Kier molecular flexibility index (Phi) is 4.98. The van der Waals surface area contributed by atoms with Crippen LogP contribution in [0.1, 0.15) is 18.6 Å². The summed E-state index contributed by atoms with van der Waals surface area (Å²) in [6.45, 7) is 5.33. The summed E-state index contributed by atoms with van der Waals surface area (Å²) >= 11 is 3.50. The molecule has 3 nitrogen and oxygen atoms in total. The van der Waals surface area contributed by atoms with E-state index in [0.29, 0.717) is 0 Å². The van der Waals surface area contributed by atoms with Gasteiger partial charge in [0.2, 0.25) is 0 Å². The number of rotatable bonds is 6. The van der Waals surface area contributed by atoms with Gasteiger partial charge >= 0.3 is 0 Å². The summed E-state index contributed by atoms with van der Waals surface area (Å²) in [5.41, 5.74) is 1.20. The Morgan fingerprint density at radius 1 is 1.53 bits per heavy atom. The molecule has 4 heteroatoms. The molecule has 1 aromatic rings. The van der Waals surface area contributed by atoms with Crippen molar-refractivity contribution in [3.8, 4) is 0 Å². The van der Waals surface area contributed by atoms with Gasteiger partial charge in [0.1, 0.15) is 6.10 Å². The lowest BCUT2D eigenvalue weighted by Gasteiger charge is -2.31. The van der Waals surface area contributed by atoms with Crippen LogP contribution in [0, 0.1) is 0 Å². The number of hydrogen-bond donors (Lipinski definition) is 1. The lowest BCUT2D eigenvalue weighted by molar-refractivity contribution is -0.155. The van der Waals surface area contributed by atoms with E-state index >= 15 is 0 Å². The maximum absolute atomic E-state index is 6.02. The van der Waals surface area contributed by atoms with Crippen molar-refractivity contribution in [3.05, 3.63) is 34.3 Å². The molecule has 94 valence electrons. The third-order valence-electron chi connectivity index (χ3n) is 2.76. The van der Waals surface area contributed by atoms with Crippen LogP contribution in [0.5, 0.6) is 0 Å². The van der Waals surface area contributed by atoms with Crippen LogP contribution < -0.4 is 5.32 Å². The lowest BCUT2D eigenvalue weighted by Crippen LogP contribution is -2.39.